The molecule has 4 heteroatoms. The van der Waals surface area contributed by atoms with E-state index in [4.69, 9.17) is 4.74 Å². The molecule has 2 aliphatic heterocycles. The van der Waals surface area contributed by atoms with Crippen molar-refractivity contribution in [3.05, 3.63) is 0 Å². The van der Waals surface area contributed by atoms with E-state index in [2.05, 4.69) is 22.9 Å². The first-order chi connectivity index (χ1) is 6.63. The summed E-state index contributed by atoms with van der Waals surface area (Å²) in [6.07, 6.45) is 0.711. The number of ether oxygens (including phenoxy) is 1. The molecule has 2 saturated heterocycles. The maximum Gasteiger partial charge on any atom is 0.222 e. The van der Waals surface area contributed by atoms with Crippen LogP contribution in [-0.2, 0) is 9.53 Å². The van der Waals surface area contributed by atoms with E-state index in [0.717, 1.165) is 31.6 Å². The summed E-state index contributed by atoms with van der Waals surface area (Å²) in [5, 5.41) is 0.933. The monoisotopic (exact) mass is 261 g/mol. The SMILES string of the molecule is CC1(CN2CC(CBr)CC2=O)COC1. The number of halogens is 1. The lowest BCUT2D eigenvalue weighted by Gasteiger charge is -2.40. The Morgan fingerprint density at radius 3 is 2.79 bits per heavy atom. The minimum Gasteiger partial charge on any atom is -0.380 e. The van der Waals surface area contributed by atoms with Crippen LogP contribution in [0.3, 0.4) is 0 Å². The molecule has 0 aromatic carbocycles. The lowest BCUT2D eigenvalue weighted by molar-refractivity contribution is -0.140. The van der Waals surface area contributed by atoms with Crippen LogP contribution in [-0.4, -0.2) is 42.4 Å². The van der Waals surface area contributed by atoms with Crippen LogP contribution in [0, 0.1) is 11.3 Å². The Morgan fingerprint density at radius 1 is 1.64 bits per heavy atom. The number of likely N-dealkylation sites (tertiary alicyclic amines) is 1. The van der Waals surface area contributed by atoms with Gasteiger partial charge in [-0.3, -0.25) is 4.79 Å². The molecule has 1 unspecified atom stereocenters. The second kappa shape index (κ2) is 3.81. The lowest BCUT2D eigenvalue weighted by Crippen LogP contribution is -2.49. The summed E-state index contributed by atoms with van der Waals surface area (Å²) in [7, 11) is 0. The molecule has 80 valence electrons. The molecule has 0 saturated carbocycles. The van der Waals surface area contributed by atoms with Crippen molar-refractivity contribution in [2.45, 2.75) is 13.3 Å². The second-order valence-electron chi connectivity index (χ2n) is 4.80. The zero-order chi connectivity index (χ0) is 10.2. The van der Waals surface area contributed by atoms with Gasteiger partial charge in [-0.05, 0) is 5.92 Å². The first kappa shape index (κ1) is 10.4. The van der Waals surface area contributed by atoms with E-state index in [9.17, 15) is 4.79 Å². The van der Waals surface area contributed by atoms with E-state index >= 15 is 0 Å². The van der Waals surface area contributed by atoms with Gasteiger partial charge >= 0.3 is 0 Å². The maximum atomic E-state index is 11.6. The highest BCUT2D eigenvalue weighted by molar-refractivity contribution is 9.09. The minimum absolute atomic E-state index is 0.219. The van der Waals surface area contributed by atoms with Gasteiger partial charge in [-0.15, -0.1) is 0 Å². The van der Waals surface area contributed by atoms with E-state index < -0.39 is 0 Å². The Kier molecular flexibility index (Phi) is 2.84. The Bertz CT molecular complexity index is 240. The molecule has 0 N–H and O–H groups in total. The van der Waals surface area contributed by atoms with Crippen molar-refractivity contribution in [1.82, 2.24) is 4.90 Å². The number of nitrogens with zero attached hydrogens (tertiary/aromatic N) is 1. The van der Waals surface area contributed by atoms with Crippen LogP contribution in [0.2, 0.25) is 0 Å². The number of carbonyl (C=O) groups excluding carboxylic acids is 1. The minimum atomic E-state index is 0.219. The highest BCUT2D eigenvalue weighted by atomic mass is 79.9. The molecule has 1 amide bonds. The van der Waals surface area contributed by atoms with Crippen LogP contribution < -0.4 is 0 Å². The van der Waals surface area contributed by atoms with Gasteiger partial charge in [0.2, 0.25) is 5.91 Å². The molecule has 0 aromatic rings. The summed E-state index contributed by atoms with van der Waals surface area (Å²) < 4.78 is 5.19. The normalized spacial score (nSPS) is 30.6. The van der Waals surface area contributed by atoms with Gasteiger partial charge in [0.15, 0.2) is 0 Å². The summed E-state index contributed by atoms with van der Waals surface area (Å²) in [4.78, 5) is 13.6. The largest absolute Gasteiger partial charge is 0.380 e. The fraction of sp³-hybridized carbons (Fsp3) is 0.900. The van der Waals surface area contributed by atoms with Crippen LogP contribution in [0.5, 0.6) is 0 Å². The second-order valence-corrected chi connectivity index (χ2v) is 5.45. The summed E-state index contributed by atoms with van der Waals surface area (Å²) >= 11 is 3.44. The fourth-order valence-electron chi connectivity index (χ4n) is 2.11. The predicted molar refractivity (Wildman–Crippen MR) is 57.4 cm³/mol. The van der Waals surface area contributed by atoms with Gasteiger partial charge in [-0.2, -0.15) is 0 Å². The first-order valence-electron chi connectivity index (χ1n) is 5.04. The predicted octanol–water partition coefficient (Wildman–Crippen LogP) is 1.27. The molecule has 0 aliphatic carbocycles. The van der Waals surface area contributed by atoms with Gasteiger partial charge < -0.3 is 9.64 Å². The maximum absolute atomic E-state index is 11.6. The van der Waals surface area contributed by atoms with Crippen molar-refractivity contribution in [2.75, 3.05) is 31.6 Å². The number of rotatable bonds is 3. The molecule has 1 atom stereocenters. The van der Waals surface area contributed by atoms with E-state index in [1.54, 1.807) is 0 Å². The average Bonchev–Trinajstić information content (AvgIpc) is 2.45. The van der Waals surface area contributed by atoms with Crippen LogP contribution in [0.1, 0.15) is 13.3 Å². The first-order valence-corrected chi connectivity index (χ1v) is 6.17. The smallest absolute Gasteiger partial charge is 0.222 e. The molecule has 2 rings (SSSR count). The Labute approximate surface area is 92.9 Å². The van der Waals surface area contributed by atoms with Gasteiger partial charge in [0.25, 0.3) is 0 Å². The highest BCUT2D eigenvalue weighted by Crippen LogP contribution is 2.30. The van der Waals surface area contributed by atoms with E-state index in [1.165, 1.54) is 0 Å². The third-order valence-corrected chi connectivity index (χ3v) is 3.90. The van der Waals surface area contributed by atoms with Crippen molar-refractivity contribution in [1.29, 1.82) is 0 Å². The van der Waals surface area contributed by atoms with Gasteiger partial charge in [0.05, 0.1) is 13.2 Å². The van der Waals surface area contributed by atoms with Crippen LogP contribution in [0.25, 0.3) is 0 Å². The standard InChI is InChI=1S/C10H16BrNO2/c1-10(6-14-7-10)5-12-4-8(3-11)2-9(12)13/h8H,2-7H2,1H3. The lowest BCUT2D eigenvalue weighted by atomic mass is 9.88. The Balaban J connectivity index is 1.89. The molecule has 3 nitrogen and oxygen atoms in total. The van der Waals surface area contributed by atoms with Crippen LogP contribution in [0.15, 0.2) is 0 Å². The molecule has 0 aromatic heterocycles. The molecule has 2 heterocycles. The van der Waals surface area contributed by atoms with Crippen LogP contribution >= 0.6 is 15.9 Å². The van der Waals surface area contributed by atoms with Crippen molar-refractivity contribution in [3.8, 4) is 0 Å². The fourth-order valence-corrected chi connectivity index (χ4v) is 2.55. The van der Waals surface area contributed by atoms with Gasteiger partial charge in [-0.1, -0.05) is 22.9 Å². The Hall–Kier alpha value is -0.0900. The Morgan fingerprint density at radius 2 is 2.36 bits per heavy atom. The molecular weight excluding hydrogens is 246 g/mol. The average molecular weight is 262 g/mol. The zero-order valence-corrected chi connectivity index (χ0v) is 10.0. The molecule has 2 fully saturated rings. The van der Waals surface area contributed by atoms with Gasteiger partial charge in [0, 0.05) is 30.3 Å². The summed E-state index contributed by atoms with van der Waals surface area (Å²) in [6, 6.07) is 0. The molecule has 14 heavy (non-hydrogen) atoms. The van der Waals surface area contributed by atoms with Crippen molar-refractivity contribution >= 4 is 21.8 Å². The summed E-state index contributed by atoms with van der Waals surface area (Å²) in [6.45, 7) is 5.58. The van der Waals surface area contributed by atoms with Crippen molar-refractivity contribution < 1.29 is 9.53 Å². The number of alkyl halides is 1. The number of hydrogen-bond donors (Lipinski definition) is 0. The van der Waals surface area contributed by atoms with E-state index in [0.29, 0.717) is 18.2 Å². The highest BCUT2D eigenvalue weighted by Gasteiger charge is 2.39. The third kappa shape index (κ3) is 1.96. The molecular formula is C10H16BrNO2. The number of carbonyl (C=O) groups is 1. The molecule has 2 aliphatic rings. The van der Waals surface area contributed by atoms with Crippen LogP contribution in [0.4, 0.5) is 0 Å². The number of amides is 1. The quantitative estimate of drug-likeness (QED) is 0.717. The van der Waals surface area contributed by atoms with Gasteiger partial charge in [0.1, 0.15) is 0 Å². The van der Waals surface area contributed by atoms with E-state index in [1.807, 2.05) is 4.90 Å². The topological polar surface area (TPSA) is 29.5 Å². The number of hydrogen-bond acceptors (Lipinski definition) is 2. The summed E-state index contributed by atoms with van der Waals surface area (Å²) in [5.74, 6) is 0.815. The zero-order valence-electron chi connectivity index (χ0n) is 8.46. The van der Waals surface area contributed by atoms with Gasteiger partial charge in [-0.25, -0.2) is 0 Å². The van der Waals surface area contributed by atoms with Crippen molar-refractivity contribution in [3.63, 3.8) is 0 Å². The third-order valence-electron chi connectivity index (χ3n) is 2.99. The van der Waals surface area contributed by atoms with E-state index in [-0.39, 0.29) is 5.41 Å². The molecule has 0 spiro atoms. The summed E-state index contributed by atoms with van der Waals surface area (Å²) in [5.41, 5.74) is 0.219. The molecule has 0 bridgehead atoms. The molecule has 0 radical (unpaired) electrons. The van der Waals surface area contributed by atoms with Crippen molar-refractivity contribution in [2.24, 2.45) is 11.3 Å².